The third kappa shape index (κ3) is 3.09. The van der Waals surface area contributed by atoms with Gasteiger partial charge in [-0.3, -0.25) is 4.98 Å². The van der Waals surface area contributed by atoms with E-state index in [0.29, 0.717) is 11.5 Å². The predicted molar refractivity (Wildman–Crippen MR) is 99.9 cm³/mol. The third-order valence-corrected chi connectivity index (χ3v) is 5.85. The fourth-order valence-corrected chi connectivity index (χ4v) is 4.52. The first-order valence-corrected chi connectivity index (χ1v) is 9.57. The average Bonchev–Trinajstić information content (AvgIpc) is 3.05. The molecule has 0 fully saturated rings. The van der Waals surface area contributed by atoms with Crippen LogP contribution in [0.5, 0.6) is 0 Å². The van der Waals surface area contributed by atoms with Crippen molar-refractivity contribution in [1.82, 2.24) is 19.9 Å². The van der Waals surface area contributed by atoms with E-state index in [1.54, 1.807) is 29.9 Å². The first-order chi connectivity index (χ1) is 12.3. The van der Waals surface area contributed by atoms with Gasteiger partial charge < -0.3 is 10.4 Å². The quantitative estimate of drug-likeness (QED) is 0.731. The molecule has 1 atom stereocenters. The minimum atomic E-state index is -0.0213. The number of rotatable bonds is 5. The van der Waals surface area contributed by atoms with Gasteiger partial charge >= 0.3 is 0 Å². The van der Waals surface area contributed by atoms with Crippen molar-refractivity contribution in [3.63, 3.8) is 0 Å². The second kappa shape index (κ2) is 7.01. The Morgan fingerprint density at radius 2 is 2.12 bits per heavy atom. The summed E-state index contributed by atoms with van der Waals surface area (Å²) in [6.45, 7) is 2.13. The molecule has 3 aromatic rings. The molecule has 0 bridgehead atoms. The number of hydrogen-bond donors (Lipinski definition) is 2. The van der Waals surface area contributed by atoms with Crippen LogP contribution < -0.4 is 5.32 Å². The summed E-state index contributed by atoms with van der Waals surface area (Å²) in [5, 5.41) is 14.2. The normalized spacial score (nSPS) is 15.1. The highest BCUT2D eigenvalue weighted by molar-refractivity contribution is 7.19. The fourth-order valence-electron chi connectivity index (χ4n) is 3.26. The highest BCUT2D eigenvalue weighted by Gasteiger charge is 2.22. The molecule has 0 spiro atoms. The lowest BCUT2D eigenvalue weighted by Gasteiger charge is -2.17. The largest absolute Gasteiger partial charge is 0.394 e. The van der Waals surface area contributed by atoms with Gasteiger partial charge in [0.25, 0.3) is 0 Å². The predicted octanol–water partition coefficient (Wildman–Crippen LogP) is 3.21. The van der Waals surface area contributed by atoms with E-state index in [0.717, 1.165) is 35.3 Å². The van der Waals surface area contributed by atoms with E-state index < -0.39 is 0 Å². The molecule has 0 saturated heterocycles. The SMILES string of the molecule is CC[C@@H](CO)Nc1nc(-c2cnccn2)nc2sc3c(c12)CCCC3. The topological polar surface area (TPSA) is 83.8 Å². The van der Waals surface area contributed by atoms with Crippen molar-refractivity contribution >= 4 is 27.4 Å². The Bertz CT molecular complexity index is 876. The first kappa shape index (κ1) is 16.4. The van der Waals surface area contributed by atoms with E-state index in [-0.39, 0.29) is 12.6 Å². The van der Waals surface area contributed by atoms with Crippen molar-refractivity contribution < 1.29 is 5.11 Å². The first-order valence-electron chi connectivity index (χ1n) is 8.76. The molecule has 130 valence electrons. The Morgan fingerprint density at radius 1 is 1.24 bits per heavy atom. The molecule has 3 aromatic heterocycles. The molecule has 7 heteroatoms. The molecule has 1 aliphatic rings. The lowest BCUT2D eigenvalue weighted by Crippen LogP contribution is -2.23. The van der Waals surface area contributed by atoms with Gasteiger partial charge in [0.15, 0.2) is 5.82 Å². The van der Waals surface area contributed by atoms with E-state index in [1.165, 1.54) is 23.3 Å². The summed E-state index contributed by atoms with van der Waals surface area (Å²) >= 11 is 1.76. The van der Waals surface area contributed by atoms with Crippen molar-refractivity contribution in [1.29, 1.82) is 0 Å². The van der Waals surface area contributed by atoms with E-state index in [1.807, 2.05) is 0 Å². The smallest absolute Gasteiger partial charge is 0.183 e. The zero-order valence-electron chi connectivity index (χ0n) is 14.2. The molecule has 0 saturated carbocycles. The minimum absolute atomic E-state index is 0.0213. The van der Waals surface area contributed by atoms with E-state index in [2.05, 4.69) is 22.2 Å². The summed E-state index contributed by atoms with van der Waals surface area (Å²) in [6.07, 6.45) is 10.4. The maximum absolute atomic E-state index is 9.61. The summed E-state index contributed by atoms with van der Waals surface area (Å²) in [6, 6.07) is -0.0213. The third-order valence-electron chi connectivity index (χ3n) is 4.66. The number of anilines is 1. The zero-order valence-corrected chi connectivity index (χ0v) is 15.0. The van der Waals surface area contributed by atoms with Crippen LogP contribution in [0.1, 0.15) is 36.6 Å². The second-order valence-electron chi connectivity index (χ2n) is 6.31. The number of nitrogens with one attached hydrogen (secondary N) is 1. The average molecular weight is 355 g/mol. The maximum Gasteiger partial charge on any atom is 0.183 e. The molecule has 6 nitrogen and oxygen atoms in total. The summed E-state index contributed by atoms with van der Waals surface area (Å²) in [5.41, 5.74) is 2.04. The van der Waals surface area contributed by atoms with Crippen molar-refractivity contribution in [2.24, 2.45) is 0 Å². The molecule has 25 heavy (non-hydrogen) atoms. The highest BCUT2D eigenvalue weighted by atomic mass is 32.1. The number of aliphatic hydroxyl groups excluding tert-OH is 1. The van der Waals surface area contributed by atoms with Crippen molar-refractivity contribution in [3.05, 3.63) is 29.0 Å². The van der Waals surface area contributed by atoms with Crippen LogP contribution in [-0.4, -0.2) is 37.7 Å². The number of aromatic nitrogens is 4. The van der Waals surface area contributed by atoms with Gasteiger partial charge in [-0.15, -0.1) is 11.3 Å². The zero-order chi connectivity index (χ0) is 17.2. The van der Waals surface area contributed by atoms with Crippen molar-refractivity contribution in [2.75, 3.05) is 11.9 Å². The van der Waals surface area contributed by atoms with E-state index in [9.17, 15) is 5.11 Å². The van der Waals surface area contributed by atoms with Gasteiger partial charge in [-0.05, 0) is 37.7 Å². The van der Waals surface area contributed by atoms with Gasteiger partial charge in [0, 0.05) is 17.3 Å². The summed E-state index contributed by atoms with van der Waals surface area (Å²) in [4.78, 5) is 20.4. The lowest BCUT2D eigenvalue weighted by molar-refractivity contribution is 0.271. The van der Waals surface area contributed by atoms with Crippen LogP contribution in [0.3, 0.4) is 0 Å². The molecule has 4 rings (SSSR count). The summed E-state index contributed by atoms with van der Waals surface area (Å²) in [7, 11) is 0. The number of nitrogens with zero attached hydrogens (tertiary/aromatic N) is 4. The van der Waals surface area contributed by atoms with Crippen molar-refractivity contribution in [2.45, 2.75) is 45.1 Å². The summed E-state index contributed by atoms with van der Waals surface area (Å²) in [5.74, 6) is 1.39. The van der Waals surface area contributed by atoms with Gasteiger partial charge in [-0.1, -0.05) is 6.92 Å². The number of hydrogen-bond acceptors (Lipinski definition) is 7. The van der Waals surface area contributed by atoms with Gasteiger partial charge in [-0.2, -0.15) is 0 Å². The lowest BCUT2D eigenvalue weighted by atomic mass is 9.97. The standard InChI is InChI=1S/C18H21N5OS/c1-2-11(10-24)21-17-15-12-5-3-4-6-14(12)25-18(15)23-16(22-17)13-9-19-7-8-20-13/h7-9,11,24H,2-6,10H2,1H3,(H,21,22,23)/t11-/m0/s1. The summed E-state index contributed by atoms with van der Waals surface area (Å²) < 4.78 is 0. The molecule has 0 aromatic carbocycles. The molecular formula is C18H21N5OS. The molecule has 0 radical (unpaired) electrons. The molecular weight excluding hydrogens is 334 g/mol. The van der Waals surface area contributed by atoms with Gasteiger partial charge in [0.2, 0.25) is 0 Å². The molecule has 0 aliphatic heterocycles. The Kier molecular flexibility index (Phi) is 4.59. The van der Waals surface area contributed by atoms with Crippen LogP contribution in [-0.2, 0) is 12.8 Å². The monoisotopic (exact) mass is 355 g/mol. The van der Waals surface area contributed by atoms with Crippen LogP contribution in [0.2, 0.25) is 0 Å². The van der Waals surface area contributed by atoms with Gasteiger partial charge in [0.1, 0.15) is 16.3 Å². The van der Waals surface area contributed by atoms with Crippen molar-refractivity contribution in [3.8, 4) is 11.5 Å². The number of fused-ring (bicyclic) bond motifs is 3. The van der Waals surface area contributed by atoms with Crippen LogP contribution in [0, 0.1) is 0 Å². The molecule has 1 aliphatic carbocycles. The van der Waals surface area contributed by atoms with Crippen LogP contribution in [0.15, 0.2) is 18.6 Å². The van der Waals surface area contributed by atoms with E-state index >= 15 is 0 Å². The fraction of sp³-hybridized carbons (Fsp3) is 0.444. The number of aliphatic hydroxyl groups is 1. The van der Waals surface area contributed by atoms with Crippen LogP contribution >= 0.6 is 11.3 Å². The highest BCUT2D eigenvalue weighted by Crippen LogP contribution is 2.39. The minimum Gasteiger partial charge on any atom is -0.394 e. The Morgan fingerprint density at radius 3 is 2.88 bits per heavy atom. The molecule has 3 heterocycles. The Balaban J connectivity index is 1.89. The number of aryl methyl sites for hydroxylation is 2. The Hall–Kier alpha value is -2.12. The van der Waals surface area contributed by atoms with Gasteiger partial charge in [0.05, 0.1) is 24.2 Å². The van der Waals surface area contributed by atoms with Gasteiger partial charge in [-0.25, -0.2) is 15.0 Å². The van der Waals surface area contributed by atoms with E-state index in [4.69, 9.17) is 9.97 Å². The number of thiophene rings is 1. The Labute approximate surface area is 150 Å². The molecule has 0 amide bonds. The maximum atomic E-state index is 9.61. The molecule has 0 unspecified atom stereocenters. The molecule has 2 N–H and O–H groups in total. The van der Waals surface area contributed by atoms with Crippen LogP contribution in [0.4, 0.5) is 5.82 Å². The van der Waals surface area contributed by atoms with Crippen LogP contribution in [0.25, 0.3) is 21.7 Å². The second-order valence-corrected chi connectivity index (χ2v) is 7.39.